The molecule has 1 amide bonds. The van der Waals surface area contributed by atoms with Crippen LogP contribution in [-0.4, -0.2) is 51.8 Å². The highest BCUT2D eigenvalue weighted by molar-refractivity contribution is 5.83. The van der Waals surface area contributed by atoms with Crippen LogP contribution in [0.1, 0.15) is 61.8 Å². The second kappa shape index (κ2) is 10.4. The first-order valence-electron chi connectivity index (χ1n) is 11.9. The third-order valence-electron chi connectivity index (χ3n) is 6.32. The zero-order valence-electron chi connectivity index (χ0n) is 21.0. The minimum Gasteiger partial charge on any atom is -0.384 e. The number of hydrogen-bond acceptors (Lipinski definition) is 8. The molecule has 1 aromatic heterocycles. The van der Waals surface area contributed by atoms with Gasteiger partial charge in [0.2, 0.25) is 6.17 Å². The number of hydrogen-bond donors (Lipinski definition) is 3. The molecule has 2 aliphatic rings. The van der Waals surface area contributed by atoms with Crippen molar-refractivity contribution in [1.82, 2.24) is 15.3 Å². The van der Waals surface area contributed by atoms with Crippen LogP contribution in [0.15, 0.2) is 18.2 Å². The van der Waals surface area contributed by atoms with Gasteiger partial charge in [-0.1, -0.05) is 6.07 Å². The number of amides is 1. The van der Waals surface area contributed by atoms with Crippen molar-refractivity contribution in [3.05, 3.63) is 46.7 Å². The van der Waals surface area contributed by atoms with Gasteiger partial charge in [-0.05, 0) is 45.7 Å². The number of carbonyl (C=O) groups excluding carboxylic acids is 1. The van der Waals surface area contributed by atoms with Crippen molar-refractivity contribution >= 4 is 11.7 Å². The summed E-state index contributed by atoms with van der Waals surface area (Å²) in [4.78, 5) is 25.8. The average Bonchev–Trinajstić information content (AvgIpc) is 3.44. The zero-order chi connectivity index (χ0) is 28.8. The predicted octanol–water partition coefficient (Wildman–Crippen LogP) is 4.16. The van der Waals surface area contributed by atoms with E-state index < -0.39 is 64.7 Å². The fourth-order valence-corrected chi connectivity index (χ4v) is 3.86. The standard InChI is InChI=1S/C24H26F6N4O5/c1-11-31-17(16(26)19(35)33-23(7-8-23)21(27)28)14(20-37-9-10-38-20)18(32-11)34-39-13-6-4-5-12(15(13)25)24(29,30)22(2,3)36/h4-6,16,20-21,36H,7-10H2,1-3H3,(H,33,35)(H,31,32,34). The number of alkyl halides is 5. The lowest BCUT2D eigenvalue weighted by Crippen LogP contribution is -2.44. The van der Waals surface area contributed by atoms with Gasteiger partial charge in [0.25, 0.3) is 12.3 Å². The van der Waals surface area contributed by atoms with Gasteiger partial charge in [0.15, 0.2) is 23.7 Å². The fourth-order valence-electron chi connectivity index (χ4n) is 3.86. The van der Waals surface area contributed by atoms with E-state index in [4.69, 9.17) is 14.3 Å². The van der Waals surface area contributed by atoms with Crippen LogP contribution in [0.2, 0.25) is 0 Å². The lowest BCUT2D eigenvalue weighted by molar-refractivity contribution is -0.170. The van der Waals surface area contributed by atoms with Crippen molar-refractivity contribution in [2.45, 2.75) is 69.6 Å². The molecule has 2 fully saturated rings. The summed E-state index contributed by atoms with van der Waals surface area (Å²) in [5, 5.41) is 11.8. The van der Waals surface area contributed by atoms with Crippen LogP contribution in [0.5, 0.6) is 5.75 Å². The van der Waals surface area contributed by atoms with Crippen molar-refractivity contribution in [2.24, 2.45) is 0 Å². The Labute approximate surface area is 218 Å². The molecule has 4 rings (SSSR count). The highest BCUT2D eigenvalue weighted by atomic mass is 19.3. The first-order valence-corrected chi connectivity index (χ1v) is 11.9. The highest BCUT2D eigenvalue weighted by Crippen LogP contribution is 2.43. The largest absolute Gasteiger partial charge is 0.384 e. The number of aromatic nitrogens is 2. The summed E-state index contributed by atoms with van der Waals surface area (Å²) >= 11 is 0. The Morgan fingerprint density at radius 1 is 1.18 bits per heavy atom. The van der Waals surface area contributed by atoms with E-state index in [0.29, 0.717) is 0 Å². The maximum atomic E-state index is 15.5. The molecule has 0 spiro atoms. The molecule has 1 atom stereocenters. The minimum absolute atomic E-state index is 0.0224. The molecule has 1 aromatic carbocycles. The lowest BCUT2D eigenvalue weighted by atomic mass is 9.93. The molecule has 9 nitrogen and oxygen atoms in total. The van der Waals surface area contributed by atoms with Crippen molar-refractivity contribution in [1.29, 1.82) is 0 Å². The molecule has 0 bridgehead atoms. The molecule has 3 N–H and O–H groups in total. The molecule has 2 heterocycles. The third-order valence-corrected chi connectivity index (χ3v) is 6.32. The molecule has 0 radical (unpaired) electrons. The number of nitrogens with one attached hydrogen (secondary N) is 2. The maximum Gasteiger partial charge on any atom is 0.303 e. The Kier molecular flexibility index (Phi) is 7.71. The summed E-state index contributed by atoms with van der Waals surface area (Å²) in [6.45, 7) is 3.09. The molecule has 1 aliphatic heterocycles. The predicted molar refractivity (Wildman–Crippen MR) is 122 cm³/mol. The van der Waals surface area contributed by atoms with Gasteiger partial charge in [0.05, 0.1) is 30.0 Å². The highest BCUT2D eigenvalue weighted by Gasteiger charge is 2.53. The average molecular weight is 564 g/mol. The van der Waals surface area contributed by atoms with Gasteiger partial charge in [-0.15, -0.1) is 0 Å². The molecule has 1 unspecified atom stereocenters. The molecule has 15 heteroatoms. The number of aliphatic hydroxyl groups is 1. The number of benzene rings is 1. The van der Waals surface area contributed by atoms with Crippen LogP contribution in [0.4, 0.5) is 32.2 Å². The van der Waals surface area contributed by atoms with Gasteiger partial charge in [-0.25, -0.2) is 33.0 Å². The van der Waals surface area contributed by atoms with Gasteiger partial charge in [0, 0.05) is 0 Å². The summed E-state index contributed by atoms with van der Waals surface area (Å²) in [5.41, 5.74) is -4.19. The molecule has 1 saturated heterocycles. The van der Waals surface area contributed by atoms with Gasteiger partial charge < -0.3 is 24.7 Å². The van der Waals surface area contributed by atoms with Crippen LogP contribution >= 0.6 is 0 Å². The van der Waals surface area contributed by atoms with Crippen molar-refractivity contribution in [2.75, 3.05) is 18.7 Å². The van der Waals surface area contributed by atoms with E-state index in [9.17, 15) is 27.5 Å². The van der Waals surface area contributed by atoms with Crippen molar-refractivity contribution < 1.29 is 50.6 Å². The van der Waals surface area contributed by atoms with E-state index in [1.165, 1.54) is 6.92 Å². The quantitative estimate of drug-likeness (QED) is 0.291. The Bertz CT molecular complexity index is 1230. The fraction of sp³-hybridized carbons (Fsp3) is 0.542. The number of aryl methyl sites for hydroxylation is 1. The third kappa shape index (κ3) is 5.61. The van der Waals surface area contributed by atoms with E-state index in [1.807, 2.05) is 5.32 Å². The summed E-state index contributed by atoms with van der Waals surface area (Å²) in [6.07, 6.45) is -6.83. The second-order valence-electron chi connectivity index (χ2n) is 9.76. The van der Waals surface area contributed by atoms with Crippen molar-refractivity contribution in [3.8, 4) is 5.75 Å². The van der Waals surface area contributed by atoms with Gasteiger partial charge >= 0.3 is 5.92 Å². The Morgan fingerprint density at radius 2 is 1.82 bits per heavy atom. The number of ether oxygens (including phenoxy) is 2. The molecular weight excluding hydrogens is 538 g/mol. The molecular formula is C24H26F6N4O5. The maximum absolute atomic E-state index is 15.5. The summed E-state index contributed by atoms with van der Waals surface area (Å²) in [5.74, 6) is -8.06. The Hall–Kier alpha value is -3.17. The van der Waals surface area contributed by atoms with Crippen molar-refractivity contribution in [3.63, 3.8) is 0 Å². The molecule has 1 aliphatic carbocycles. The number of nitrogens with zero attached hydrogens (tertiary/aromatic N) is 2. The van der Waals surface area contributed by atoms with Crippen LogP contribution in [-0.2, 0) is 20.2 Å². The van der Waals surface area contributed by atoms with Crippen LogP contribution in [0.25, 0.3) is 0 Å². The van der Waals surface area contributed by atoms with Gasteiger partial charge in [-0.3, -0.25) is 4.79 Å². The lowest BCUT2D eigenvalue weighted by Gasteiger charge is -2.29. The zero-order valence-corrected chi connectivity index (χ0v) is 21.0. The van der Waals surface area contributed by atoms with E-state index in [-0.39, 0.29) is 43.3 Å². The van der Waals surface area contributed by atoms with Gasteiger partial charge in [0.1, 0.15) is 17.0 Å². The summed E-state index contributed by atoms with van der Waals surface area (Å²) < 4.78 is 97.1. The topological polar surface area (TPSA) is 115 Å². The number of anilines is 1. The molecule has 39 heavy (non-hydrogen) atoms. The molecule has 1 saturated carbocycles. The van der Waals surface area contributed by atoms with E-state index >= 15 is 8.78 Å². The van der Waals surface area contributed by atoms with Crippen LogP contribution in [0, 0.1) is 12.7 Å². The second-order valence-corrected chi connectivity index (χ2v) is 9.76. The van der Waals surface area contributed by atoms with E-state index in [0.717, 1.165) is 32.0 Å². The Balaban J connectivity index is 1.66. The first-order chi connectivity index (χ1) is 18.2. The van der Waals surface area contributed by atoms with Crippen LogP contribution < -0.4 is 15.6 Å². The summed E-state index contributed by atoms with van der Waals surface area (Å²) in [6, 6.07) is 2.85. The molecule has 2 aromatic rings. The van der Waals surface area contributed by atoms with E-state index in [2.05, 4.69) is 15.4 Å². The SMILES string of the molecule is Cc1nc(NOc2cccc(C(F)(F)C(C)(C)O)c2F)c(C2OCCO2)c(C(F)C(=O)NC2(C(F)F)CC2)n1. The monoisotopic (exact) mass is 564 g/mol. The van der Waals surface area contributed by atoms with Gasteiger partial charge in [-0.2, -0.15) is 8.78 Å². The first kappa shape index (κ1) is 28.8. The number of rotatable bonds is 10. The number of carbonyl (C=O) groups is 1. The summed E-state index contributed by atoms with van der Waals surface area (Å²) in [7, 11) is 0. The van der Waals surface area contributed by atoms with E-state index in [1.54, 1.807) is 0 Å². The number of halogens is 6. The smallest absolute Gasteiger partial charge is 0.303 e. The van der Waals surface area contributed by atoms with Crippen LogP contribution in [0.3, 0.4) is 0 Å². The minimum atomic E-state index is -4.00. The normalized spacial score (nSPS) is 18.2. The molecule has 214 valence electrons. The Morgan fingerprint density at radius 3 is 2.38 bits per heavy atom.